The van der Waals surface area contributed by atoms with Crippen molar-refractivity contribution in [3.63, 3.8) is 0 Å². The lowest BCUT2D eigenvalue weighted by Gasteiger charge is -2.36. The standard InChI is InChI=1S/C21H19F4N3O4S/c1-33(30,31)16-4-5-19(32-13-21(23,24)25)17(11-16)20(29)28-8-6-27(7-9-28)15-3-2-14(12-26)18(22)10-15/h2-5,10-11H,6-9,13H2,1H3. The van der Waals surface area contributed by atoms with Gasteiger partial charge in [-0.05, 0) is 36.4 Å². The molecule has 1 heterocycles. The van der Waals surface area contributed by atoms with Crippen molar-refractivity contribution >= 4 is 21.4 Å². The van der Waals surface area contributed by atoms with Crippen LogP contribution in [0.1, 0.15) is 15.9 Å². The maximum absolute atomic E-state index is 13.9. The molecule has 0 unspecified atom stereocenters. The number of nitrogens with zero attached hydrogens (tertiary/aromatic N) is 3. The van der Waals surface area contributed by atoms with Gasteiger partial charge in [0.2, 0.25) is 0 Å². The van der Waals surface area contributed by atoms with E-state index in [4.69, 9.17) is 10.00 Å². The SMILES string of the molecule is CS(=O)(=O)c1ccc(OCC(F)(F)F)c(C(=O)N2CCN(c3ccc(C#N)c(F)c3)CC2)c1. The normalized spacial score (nSPS) is 14.7. The fraction of sp³-hybridized carbons (Fsp3) is 0.333. The average molecular weight is 485 g/mol. The van der Waals surface area contributed by atoms with Crippen LogP contribution in [0.15, 0.2) is 41.3 Å². The Morgan fingerprint density at radius 3 is 2.33 bits per heavy atom. The lowest BCUT2D eigenvalue weighted by Crippen LogP contribution is -2.49. The highest BCUT2D eigenvalue weighted by Gasteiger charge is 2.31. The van der Waals surface area contributed by atoms with Crippen LogP contribution in [0.25, 0.3) is 0 Å². The smallest absolute Gasteiger partial charge is 0.422 e. The third-order valence-corrected chi connectivity index (χ3v) is 6.12. The molecular weight excluding hydrogens is 466 g/mol. The molecule has 176 valence electrons. The van der Waals surface area contributed by atoms with Crippen molar-refractivity contribution in [1.29, 1.82) is 5.26 Å². The van der Waals surface area contributed by atoms with Gasteiger partial charge in [-0.15, -0.1) is 0 Å². The Hall–Kier alpha value is -3.33. The van der Waals surface area contributed by atoms with Crippen LogP contribution in [0.3, 0.4) is 0 Å². The van der Waals surface area contributed by atoms with E-state index < -0.39 is 34.3 Å². The molecular formula is C21H19F4N3O4S. The van der Waals surface area contributed by atoms with Gasteiger partial charge < -0.3 is 14.5 Å². The van der Waals surface area contributed by atoms with Crippen LogP contribution in [0, 0.1) is 17.1 Å². The highest BCUT2D eigenvalue weighted by molar-refractivity contribution is 7.90. The fourth-order valence-electron chi connectivity index (χ4n) is 3.32. The zero-order chi connectivity index (χ0) is 24.4. The Balaban J connectivity index is 1.80. The van der Waals surface area contributed by atoms with Crippen LogP contribution in [-0.4, -0.2) is 64.4 Å². The topological polar surface area (TPSA) is 90.7 Å². The average Bonchev–Trinajstić information content (AvgIpc) is 2.76. The predicted molar refractivity (Wildman–Crippen MR) is 110 cm³/mol. The van der Waals surface area contributed by atoms with Gasteiger partial charge in [0.05, 0.1) is 16.0 Å². The molecule has 3 rings (SSSR count). The van der Waals surface area contributed by atoms with Crippen molar-refractivity contribution in [2.75, 3.05) is 43.9 Å². The molecule has 33 heavy (non-hydrogen) atoms. The second kappa shape index (κ2) is 9.27. The van der Waals surface area contributed by atoms with E-state index in [1.807, 2.05) is 0 Å². The first-order valence-electron chi connectivity index (χ1n) is 9.66. The van der Waals surface area contributed by atoms with E-state index in [-0.39, 0.29) is 34.9 Å². The number of halogens is 4. The summed E-state index contributed by atoms with van der Waals surface area (Å²) in [4.78, 5) is 16.0. The summed E-state index contributed by atoms with van der Waals surface area (Å²) in [5.74, 6) is -1.72. The van der Waals surface area contributed by atoms with Gasteiger partial charge in [-0.3, -0.25) is 4.79 Å². The zero-order valence-electron chi connectivity index (χ0n) is 17.4. The quantitative estimate of drug-likeness (QED) is 0.605. The molecule has 0 N–H and O–H groups in total. The minimum atomic E-state index is -4.64. The number of hydrogen-bond acceptors (Lipinski definition) is 6. The van der Waals surface area contributed by atoms with Crippen molar-refractivity contribution in [2.45, 2.75) is 11.1 Å². The van der Waals surface area contributed by atoms with Crippen LogP contribution in [0.2, 0.25) is 0 Å². The van der Waals surface area contributed by atoms with E-state index in [0.29, 0.717) is 18.8 Å². The van der Waals surface area contributed by atoms with Crippen LogP contribution < -0.4 is 9.64 Å². The van der Waals surface area contributed by atoms with Crippen LogP contribution in [-0.2, 0) is 9.84 Å². The molecule has 0 bridgehead atoms. The summed E-state index contributed by atoms with van der Waals surface area (Å²) in [7, 11) is -3.72. The lowest BCUT2D eigenvalue weighted by molar-refractivity contribution is -0.153. The van der Waals surface area contributed by atoms with Gasteiger partial charge in [0.15, 0.2) is 16.4 Å². The van der Waals surface area contributed by atoms with Gasteiger partial charge in [-0.2, -0.15) is 18.4 Å². The molecule has 2 aromatic carbocycles. The number of rotatable bonds is 5. The minimum absolute atomic E-state index is 0.0929. The van der Waals surface area contributed by atoms with Gasteiger partial charge in [0.1, 0.15) is 17.6 Å². The van der Waals surface area contributed by atoms with Crippen molar-refractivity contribution in [3.05, 3.63) is 53.3 Å². The molecule has 1 fully saturated rings. The number of ether oxygens (including phenoxy) is 1. The summed E-state index contributed by atoms with van der Waals surface area (Å²) >= 11 is 0. The number of amides is 1. The Bertz CT molecular complexity index is 1200. The summed E-state index contributed by atoms with van der Waals surface area (Å²) in [5.41, 5.74) is 0.136. The van der Waals surface area contributed by atoms with Crippen molar-refractivity contribution in [2.24, 2.45) is 0 Å². The van der Waals surface area contributed by atoms with Gasteiger partial charge in [0, 0.05) is 38.1 Å². The molecule has 0 radical (unpaired) electrons. The highest BCUT2D eigenvalue weighted by atomic mass is 32.2. The molecule has 1 saturated heterocycles. The van der Waals surface area contributed by atoms with Gasteiger partial charge in [-0.1, -0.05) is 0 Å². The number of anilines is 1. The van der Waals surface area contributed by atoms with E-state index in [1.165, 1.54) is 17.0 Å². The Labute approximate surface area is 187 Å². The van der Waals surface area contributed by atoms with Crippen molar-refractivity contribution < 1.29 is 35.5 Å². The molecule has 1 amide bonds. The monoisotopic (exact) mass is 485 g/mol. The molecule has 0 aromatic heterocycles. The second-order valence-electron chi connectivity index (χ2n) is 7.39. The second-order valence-corrected chi connectivity index (χ2v) is 9.40. The zero-order valence-corrected chi connectivity index (χ0v) is 18.2. The number of alkyl halides is 3. The number of sulfone groups is 1. The predicted octanol–water partition coefficient (Wildman–Crippen LogP) is 3.00. The van der Waals surface area contributed by atoms with E-state index in [1.54, 1.807) is 17.0 Å². The third-order valence-electron chi connectivity index (χ3n) is 5.01. The van der Waals surface area contributed by atoms with E-state index in [9.17, 15) is 30.8 Å². The Morgan fingerprint density at radius 2 is 1.79 bits per heavy atom. The minimum Gasteiger partial charge on any atom is -0.483 e. The Morgan fingerprint density at radius 1 is 1.12 bits per heavy atom. The Kier molecular flexibility index (Phi) is 6.83. The molecule has 7 nitrogen and oxygen atoms in total. The molecule has 0 aliphatic carbocycles. The first-order chi connectivity index (χ1) is 15.4. The number of piperazine rings is 1. The van der Waals surface area contributed by atoms with E-state index >= 15 is 0 Å². The van der Waals surface area contributed by atoms with Crippen LogP contribution in [0.5, 0.6) is 5.75 Å². The number of benzene rings is 2. The third kappa shape index (κ3) is 5.92. The first-order valence-corrected chi connectivity index (χ1v) is 11.6. The van der Waals surface area contributed by atoms with Crippen LogP contribution >= 0.6 is 0 Å². The molecule has 0 spiro atoms. The van der Waals surface area contributed by atoms with Crippen molar-refractivity contribution in [1.82, 2.24) is 4.90 Å². The van der Waals surface area contributed by atoms with Gasteiger partial charge >= 0.3 is 6.18 Å². The summed E-state index contributed by atoms with van der Waals surface area (Å²) in [6.07, 6.45) is -3.72. The molecule has 0 saturated carbocycles. The highest BCUT2D eigenvalue weighted by Crippen LogP contribution is 2.28. The van der Waals surface area contributed by atoms with Crippen molar-refractivity contribution in [3.8, 4) is 11.8 Å². The lowest BCUT2D eigenvalue weighted by atomic mass is 10.1. The maximum Gasteiger partial charge on any atom is 0.422 e. The molecule has 0 atom stereocenters. The van der Waals surface area contributed by atoms with E-state index in [0.717, 1.165) is 24.5 Å². The fourth-order valence-corrected chi connectivity index (χ4v) is 3.97. The molecule has 12 heteroatoms. The molecule has 2 aromatic rings. The molecule has 1 aliphatic rings. The first kappa shape index (κ1) is 24.3. The summed E-state index contributed by atoms with van der Waals surface area (Å²) < 4.78 is 80.3. The van der Waals surface area contributed by atoms with Crippen LogP contribution in [0.4, 0.5) is 23.2 Å². The van der Waals surface area contributed by atoms with Gasteiger partial charge in [-0.25, -0.2) is 12.8 Å². The van der Waals surface area contributed by atoms with Gasteiger partial charge in [0.25, 0.3) is 5.91 Å². The van der Waals surface area contributed by atoms with E-state index in [2.05, 4.69) is 0 Å². The maximum atomic E-state index is 13.9. The number of nitriles is 1. The summed E-state index contributed by atoms with van der Waals surface area (Å²) in [6, 6.07) is 9.00. The molecule has 1 aliphatic heterocycles. The summed E-state index contributed by atoms with van der Waals surface area (Å²) in [5, 5.41) is 8.84. The largest absolute Gasteiger partial charge is 0.483 e. The number of hydrogen-bond donors (Lipinski definition) is 0. The summed E-state index contributed by atoms with van der Waals surface area (Å²) in [6.45, 7) is -0.739. The number of carbonyl (C=O) groups is 1. The number of carbonyl (C=O) groups excluding carboxylic acids is 1.